The van der Waals surface area contributed by atoms with E-state index >= 15 is 0 Å². The van der Waals surface area contributed by atoms with Gasteiger partial charge in [0.25, 0.3) is 0 Å². The fraction of sp³-hybridized carbons (Fsp3) is 0.650. The number of hydrogen-bond acceptors (Lipinski definition) is 5. The first-order chi connectivity index (χ1) is 14.2. The quantitative estimate of drug-likeness (QED) is 0.502. The van der Waals surface area contributed by atoms with Crippen LogP contribution in [0, 0.1) is 0 Å². The number of anilines is 1. The molecule has 1 aromatic rings. The molecule has 0 bridgehead atoms. The molecule has 29 heavy (non-hydrogen) atoms. The first kappa shape index (κ1) is 21.6. The van der Waals surface area contributed by atoms with Crippen LogP contribution in [0.2, 0.25) is 0 Å². The molecule has 1 aromatic carbocycles. The summed E-state index contributed by atoms with van der Waals surface area (Å²) in [6, 6.07) is 7.14. The number of aliphatic imine (C=N–C) groups is 1. The minimum atomic E-state index is -2.83. The van der Waals surface area contributed by atoms with Crippen LogP contribution in [0.1, 0.15) is 13.3 Å². The molecule has 0 radical (unpaired) electrons. The maximum atomic E-state index is 12.7. The number of ether oxygens (including phenoxy) is 2. The number of guanidine groups is 1. The van der Waals surface area contributed by atoms with E-state index in [2.05, 4.69) is 25.2 Å². The van der Waals surface area contributed by atoms with Gasteiger partial charge in [-0.3, -0.25) is 9.89 Å². The summed E-state index contributed by atoms with van der Waals surface area (Å²) in [5, 5.41) is 6.77. The average molecular weight is 411 g/mol. The Morgan fingerprint density at radius 3 is 2.83 bits per heavy atom. The maximum absolute atomic E-state index is 12.7. The molecular weight excluding hydrogens is 380 g/mol. The van der Waals surface area contributed by atoms with Crippen molar-refractivity contribution in [3.8, 4) is 5.75 Å². The van der Waals surface area contributed by atoms with Gasteiger partial charge in [0.05, 0.1) is 25.4 Å². The van der Waals surface area contributed by atoms with Gasteiger partial charge in [-0.1, -0.05) is 12.1 Å². The molecule has 0 aromatic heterocycles. The zero-order valence-electron chi connectivity index (χ0n) is 16.9. The summed E-state index contributed by atoms with van der Waals surface area (Å²) in [5.74, 6) is 1.01. The number of rotatable bonds is 8. The van der Waals surface area contributed by atoms with Gasteiger partial charge in [0, 0.05) is 45.3 Å². The number of para-hydroxylation sites is 2. The minimum absolute atomic E-state index is 0.191. The minimum Gasteiger partial charge on any atom is -0.433 e. The molecule has 0 aliphatic carbocycles. The number of morpholine rings is 1. The van der Waals surface area contributed by atoms with E-state index in [0.717, 1.165) is 64.9 Å². The number of benzene rings is 1. The van der Waals surface area contributed by atoms with Crippen LogP contribution in [0.4, 0.5) is 14.5 Å². The molecule has 0 amide bonds. The highest BCUT2D eigenvalue weighted by atomic mass is 19.3. The highest BCUT2D eigenvalue weighted by molar-refractivity contribution is 5.80. The summed E-state index contributed by atoms with van der Waals surface area (Å²) in [7, 11) is 0. The van der Waals surface area contributed by atoms with Crippen LogP contribution in [0.5, 0.6) is 5.75 Å². The Bertz CT molecular complexity index is 656. The first-order valence-corrected chi connectivity index (χ1v) is 10.3. The van der Waals surface area contributed by atoms with Crippen LogP contribution in [0.25, 0.3) is 0 Å². The third-order valence-electron chi connectivity index (χ3n) is 5.09. The highest BCUT2D eigenvalue weighted by Crippen LogP contribution is 2.31. The van der Waals surface area contributed by atoms with Crippen LogP contribution >= 0.6 is 0 Å². The lowest BCUT2D eigenvalue weighted by atomic mass is 10.2. The molecule has 2 saturated heterocycles. The predicted molar refractivity (Wildman–Crippen MR) is 110 cm³/mol. The summed E-state index contributed by atoms with van der Waals surface area (Å²) in [6.07, 6.45) is 0.900. The van der Waals surface area contributed by atoms with Gasteiger partial charge in [-0.25, -0.2) is 0 Å². The number of alkyl halides is 2. The molecule has 0 spiro atoms. The zero-order chi connectivity index (χ0) is 20.5. The van der Waals surface area contributed by atoms with Gasteiger partial charge in [-0.05, 0) is 25.5 Å². The lowest BCUT2D eigenvalue weighted by Gasteiger charge is -2.26. The Morgan fingerprint density at radius 1 is 1.28 bits per heavy atom. The lowest BCUT2D eigenvalue weighted by Crippen LogP contribution is -2.45. The van der Waals surface area contributed by atoms with E-state index in [0.29, 0.717) is 12.2 Å². The van der Waals surface area contributed by atoms with Crippen molar-refractivity contribution in [2.75, 3.05) is 63.9 Å². The molecular formula is C20H31F2N5O2. The Labute approximate surface area is 171 Å². The second-order valence-electron chi connectivity index (χ2n) is 7.14. The Morgan fingerprint density at radius 2 is 2.07 bits per heavy atom. The van der Waals surface area contributed by atoms with Crippen LogP contribution in [-0.4, -0.2) is 82.5 Å². The second-order valence-corrected chi connectivity index (χ2v) is 7.14. The van der Waals surface area contributed by atoms with Crippen LogP contribution < -0.4 is 20.3 Å². The van der Waals surface area contributed by atoms with Crippen molar-refractivity contribution in [1.82, 2.24) is 15.5 Å². The van der Waals surface area contributed by atoms with Crippen molar-refractivity contribution in [3.63, 3.8) is 0 Å². The van der Waals surface area contributed by atoms with Gasteiger partial charge in [-0.15, -0.1) is 0 Å². The summed E-state index contributed by atoms with van der Waals surface area (Å²) in [5.41, 5.74) is 0.700. The smallest absolute Gasteiger partial charge is 0.387 e. The predicted octanol–water partition coefficient (Wildman–Crippen LogP) is 1.75. The molecule has 162 valence electrons. The van der Waals surface area contributed by atoms with E-state index in [1.807, 2.05) is 19.1 Å². The molecule has 3 rings (SSSR count). The van der Waals surface area contributed by atoms with Crippen molar-refractivity contribution >= 4 is 11.6 Å². The summed E-state index contributed by atoms with van der Waals surface area (Å²) in [4.78, 5) is 9.13. The molecule has 2 N–H and O–H groups in total. The molecule has 1 atom stereocenters. The van der Waals surface area contributed by atoms with E-state index in [1.54, 1.807) is 12.1 Å². The average Bonchev–Trinajstić information content (AvgIpc) is 3.17. The van der Waals surface area contributed by atoms with Gasteiger partial charge < -0.3 is 25.0 Å². The standard InChI is InChI=1S/C20H31F2N5O2/c1-2-23-20(24-8-10-26-11-13-28-14-12-26)25-16-7-9-27(15-16)17-5-3-4-6-18(17)29-19(21)22/h3-6,16,19H,2,7-15H2,1H3,(H2,23,24,25). The van der Waals surface area contributed by atoms with Crippen LogP contribution in [0.15, 0.2) is 29.3 Å². The highest BCUT2D eigenvalue weighted by Gasteiger charge is 2.26. The van der Waals surface area contributed by atoms with E-state index in [4.69, 9.17) is 9.73 Å². The Kier molecular flexibility index (Phi) is 8.30. The number of halogens is 2. The third kappa shape index (κ3) is 6.71. The van der Waals surface area contributed by atoms with Crippen LogP contribution in [-0.2, 0) is 4.74 Å². The summed E-state index contributed by atoms with van der Waals surface area (Å²) in [6.45, 7) is 6.59. The normalized spacial score (nSPS) is 20.9. The SMILES string of the molecule is CCNC(=NCCN1CCOCC1)NC1CCN(c2ccccc2OC(F)F)C1. The van der Waals surface area contributed by atoms with Crippen molar-refractivity contribution in [2.45, 2.75) is 26.0 Å². The molecule has 9 heteroatoms. The topological polar surface area (TPSA) is 61.4 Å². The van der Waals surface area contributed by atoms with Crippen LogP contribution in [0.3, 0.4) is 0 Å². The molecule has 0 saturated carbocycles. The van der Waals surface area contributed by atoms with E-state index in [-0.39, 0.29) is 11.8 Å². The van der Waals surface area contributed by atoms with Gasteiger partial charge in [0.15, 0.2) is 5.96 Å². The fourth-order valence-electron chi connectivity index (χ4n) is 3.65. The lowest BCUT2D eigenvalue weighted by molar-refractivity contribution is -0.0495. The fourth-order valence-corrected chi connectivity index (χ4v) is 3.65. The second kappa shape index (κ2) is 11.2. The largest absolute Gasteiger partial charge is 0.433 e. The van der Waals surface area contributed by atoms with E-state index in [9.17, 15) is 8.78 Å². The van der Waals surface area contributed by atoms with Crippen molar-refractivity contribution < 1.29 is 18.3 Å². The van der Waals surface area contributed by atoms with Gasteiger partial charge >= 0.3 is 6.61 Å². The molecule has 7 nitrogen and oxygen atoms in total. The van der Waals surface area contributed by atoms with Gasteiger partial charge in [0.2, 0.25) is 0 Å². The van der Waals surface area contributed by atoms with E-state index < -0.39 is 6.61 Å². The molecule has 2 heterocycles. The molecule has 2 fully saturated rings. The molecule has 2 aliphatic heterocycles. The maximum Gasteiger partial charge on any atom is 0.387 e. The summed E-state index contributed by atoms with van der Waals surface area (Å²) < 4.78 is 35.4. The summed E-state index contributed by atoms with van der Waals surface area (Å²) >= 11 is 0. The molecule has 1 unspecified atom stereocenters. The third-order valence-corrected chi connectivity index (χ3v) is 5.09. The van der Waals surface area contributed by atoms with Crippen molar-refractivity contribution in [2.24, 2.45) is 4.99 Å². The van der Waals surface area contributed by atoms with Gasteiger partial charge in [-0.2, -0.15) is 8.78 Å². The Balaban J connectivity index is 1.53. The number of nitrogens with one attached hydrogen (secondary N) is 2. The van der Waals surface area contributed by atoms with E-state index in [1.165, 1.54) is 0 Å². The van der Waals surface area contributed by atoms with Crippen molar-refractivity contribution in [1.29, 1.82) is 0 Å². The first-order valence-electron chi connectivity index (χ1n) is 10.3. The molecule has 2 aliphatic rings. The zero-order valence-corrected chi connectivity index (χ0v) is 16.9. The van der Waals surface area contributed by atoms with Crippen molar-refractivity contribution in [3.05, 3.63) is 24.3 Å². The Hall–Kier alpha value is -2.13. The number of nitrogens with zero attached hydrogens (tertiary/aromatic N) is 3. The number of hydrogen-bond donors (Lipinski definition) is 2. The monoisotopic (exact) mass is 411 g/mol. The van der Waals surface area contributed by atoms with Gasteiger partial charge in [0.1, 0.15) is 5.75 Å².